The summed E-state index contributed by atoms with van der Waals surface area (Å²) in [5.41, 5.74) is 2.99. The Morgan fingerprint density at radius 2 is 1.71 bits per heavy atom. The van der Waals surface area contributed by atoms with Crippen LogP contribution < -0.4 is 16.0 Å². The number of carbonyl (C=O) groups excluding carboxylic acids is 2. The van der Waals surface area contributed by atoms with E-state index in [-0.39, 0.29) is 17.5 Å². The van der Waals surface area contributed by atoms with Gasteiger partial charge in [0.1, 0.15) is 5.82 Å². The van der Waals surface area contributed by atoms with Gasteiger partial charge in [0.25, 0.3) is 0 Å². The molecule has 9 heteroatoms. The van der Waals surface area contributed by atoms with Gasteiger partial charge in [0.15, 0.2) is 0 Å². The first-order valence-electron chi connectivity index (χ1n) is 11.8. The van der Waals surface area contributed by atoms with Gasteiger partial charge in [-0.05, 0) is 54.8 Å². The number of rotatable bonds is 5. The van der Waals surface area contributed by atoms with Crippen molar-refractivity contribution in [1.82, 2.24) is 20.0 Å². The summed E-state index contributed by atoms with van der Waals surface area (Å²) in [5.74, 6) is 0.541. The molecule has 2 heterocycles. The predicted octanol–water partition coefficient (Wildman–Crippen LogP) is 5.77. The summed E-state index contributed by atoms with van der Waals surface area (Å²) in [6, 6.07) is 16.1. The summed E-state index contributed by atoms with van der Waals surface area (Å²) in [5, 5.41) is 14.1. The standard InChI is InChI=1S/C26H31ClN6O2/c1-26(2,3)22-16-23(30-24(34)29-20-11-9-19(27)10-12-20)33(31-22)21-8-6-7-18(15-21)17-28-25(35)32-13-4-5-14-32/h6-12,15-16H,4-5,13-14,17H2,1-3H3,(H,28,35)(H2,29,30,34). The number of nitrogens with one attached hydrogen (secondary N) is 3. The molecule has 2 aromatic carbocycles. The highest BCUT2D eigenvalue weighted by molar-refractivity contribution is 6.30. The number of anilines is 2. The first-order valence-corrected chi connectivity index (χ1v) is 12.1. The summed E-state index contributed by atoms with van der Waals surface area (Å²) in [4.78, 5) is 26.9. The van der Waals surface area contributed by atoms with Gasteiger partial charge < -0.3 is 15.5 Å². The monoisotopic (exact) mass is 494 g/mol. The average molecular weight is 495 g/mol. The van der Waals surface area contributed by atoms with E-state index in [1.807, 2.05) is 35.2 Å². The minimum absolute atomic E-state index is 0.0387. The average Bonchev–Trinajstić information content (AvgIpc) is 3.50. The second kappa shape index (κ2) is 10.4. The van der Waals surface area contributed by atoms with E-state index in [1.165, 1.54) is 0 Å². The highest BCUT2D eigenvalue weighted by Gasteiger charge is 2.22. The predicted molar refractivity (Wildman–Crippen MR) is 139 cm³/mol. The molecule has 0 radical (unpaired) electrons. The number of hydrogen-bond donors (Lipinski definition) is 3. The molecule has 8 nitrogen and oxygen atoms in total. The number of benzene rings is 2. The molecule has 4 amide bonds. The third-order valence-corrected chi connectivity index (χ3v) is 6.07. The third kappa shape index (κ3) is 6.33. The van der Waals surface area contributed by atoms with Crippen molar-refractivity contribution in [2.45, 2.75) is 45.6 Å². The van der Waals surface area contributed by atoms with Crippen molar-refractivity contribution in [3.05, 3.63) is 70.9 Å². The summed E-state index contributed by atoms with van der Waals surface area (Å²) < 4.78 is 1.72. The molecule has 0 unspecified atom stereocenters. The van der Waals surface area contributed by atoms with E-state index in [0.29, 0.717) is 23.1 Å². The maximum atomic E-state index is 12.7. The van der Waals surface area contributed by atoms with E-state index in [2.05, 4.69) is 36.7 Å². The molecular weight excluding hydrogens is 464 g/mol. The lowest BCUT2D eigenvalue weighted by Crippen LogP contribution is -2.37. The van der Waals surface area contributed by atoms with Crippen LogP contribution in [-0.2, 0) is 12.0 Å². The van der Waals surface area contributed by atoms with E-state index < -0.39 is 0 Å². The van der Waals surface area contributed by atoms with Crippen LogP contribution in [0.3, 0.4) is 0 Å². The van der Waals surface area contributed by atoms with Crippen LogP contribution in [0.1, 0.15) is 44.9 Å². The van der Waals surface area contributed by atoms with Crippen LogP contribution in [0, 0.1) is 0 Å². The van der Waals surface area contributed by atoms with Crippen LogP contribution in [0.15, 0.2) is 54.6 Å². The summed E-state index contributed by atoms with van der Waals surface area (Å²) >= 11 is 5.93. The van der Waals surface area contributed by atoms with Gasteiger partial charge >= 0.3 is 12.1 Å². The van der Waals surface area contributed by atoms with Crippen molar-refractivity contribution in [1.29, 1.82) is 0 Å². The molecular formula is C26H31ClN6O2. The summed E-state index contributed by atoms with van der Waals surface area (Å²) in [7, 11) is 0. The molecule has 184 valence electrons. The zero-order valence-corrected chi connectivity index (χ0v) is 21.0. The summed E-state index contributed by atoms with van der Waals surface area (Å²) in [6.45, 7) is 8.24. The molecule has 0 spiro atoms. The normalized spacial score (nSPS) is 13.5. The maximum Gasteiger partial charge on any atom is 0.324 e. The maximum absolute atomic E-state index is 12.7. The second-order valence-corrected chi connectivity index (χ2v) is 10.1. The van der Waals surface area contributed by atoms with Crippen LogP contribution in [0.4, 0.5) is 21.1 Å². The highest BCUT2D eigenvalue weighted by atomic mass is 35.5. The van der Waals surface area contributed by atoms with Crippen molar-refractivity contribution >= 4 is 35.2 Å². The number of aromatic nitrogens is 2. The molecule has 35 heavy (non-hydrogen) atoms. The van der Waals surface area contributed by atoms with Gasteiger partial charge in [-0.2, -0.15) is 5.10 Å². The molecule has 0 atom stereocenters. The van der Waals surface area contributed by atoms with Gasteiger partial charge in [0.05, 0.1) is 11.4 Å². The van der Waals surface area contributed by atoms with Crippen molar-refractivity contribution < 1.29 is 9.59 Å². The minimum Gasteiger partial charge on any atom is -0.334 e. The van der Waals surface area contributed by atoms with Crippen LogP contribution in [0.25, 0.3) is 5.69 Å². The smallest absolute Gasteiger partial charge is 0.324 e. The quantitative estimate of drug-likeness (QED) is 0.420. The van der Waals surface area contributed by atoms with E-state index in [0.717, 1.165) is 42.9 Å². The van der Waals surface area contributed by atoms with Crippen LogP contribution >= 0.6 is 11.6 Å². The second-order valence-electron chi connectivity index (χ2n) is 9.69. The highest BCUT2D eigenvalue weighted by Crippen LogP contribution is 2.27. The molecule has 3 aromatic rings. The molecule has 1 fully saturated rings. The van der Waals surface area contributed by atoms with Gasteiger partial charge in [-0.3, -0.25) is 5.32 Å². The minimum atomic E-state index is -0.386. The van der Waals surface area contributed by atoms with E-state index in [1.54, 1.807) is 28.9 Å². The lowest BCUT2D eigenvalue weighted by atomic mass is 9.92. The van der Waals surface area contributed by atoms with Gasteiger partial charge in [-0.1, -0.05) is 44.5 Å². The number of nitrogens with zero attached hydrogens (tertiary/aromatic N) is 3. The molecule has 1 aromatic heterocycles. The molecule has 1 aliphatic rings. The Balaban J connectivity index is 1.53. The number of amides is 4. The number of likely N-dealkylation sites (tertiary alicyclic amines) is 1. The fourth-order valence-corrected chi connectivity index (χ4v) is 3.98. The first-order chi connectivity index (χ1) is 16.7. The van der Waals surface area contributed by atoms with Crippen molar-refractivity contribution in [2.24, 2.45) is 0 Å². The number of urea groups is 2. The lowest BCUT2D eigenvalue weighted by Gasteiger charge is -2.16. The Bertz CT molecular complexity index is 1190. The summed E-state index contributed by atoms with van der Waals surface area (Å²) in [6.07, 6.45) is 2.11. The molecule has 0 aliphatic carbocycles. The fraction of sp³-hybridized carbons (Fsp3) is 0.346. The van der Waals surface area contributed by atoms with Crippen LogP contribution in [-0.4, -0.2) is 39.8 Å². The SMILES string of the molecule is CC(C)(C)c1cc(NC(=O)Nc2ccc(Cl)cc2)n(-c2cccc(CNC(=O)N3CCCC3)c2)n1. The largest absolute Gasteiger partial charge is 0.334 e. The van der Waals surface area contributed by atoms with Crippen LogP contribution in [0.5, 0.6) is 0 Å². The first kappa shape index (κ1) is 24.6. The number of carbonyl (C=O) groups is 2. The molecule has 1 aliphatic heterocycles. The Labute approximate surface area is 210 Å². The molecule has 4 rings (SSSR count). The van der Waals surface area contributed by atoms with E-state index >= 15 is 0 Å². The van der Waals surface area contributed by atoms with Gasteiger partial charge in [0.2, 0.25) is 0 Å². The van der Waals surface area contributed by atoms with Crippen molar-refractivity contribution in [2.75, 3.05) is 23.7 Å². The zero-order valence-electron chi connectivity index (χ0n) is 20.3. The fourth-order valence-electron chi connectivity index (χ4n) is 3.85. The van der Waals surface area contributed by atoms with Crippen LogP contribution in [0.2, 0.25) is 5.02 Å². The van der Waals surface area contributed by atoms with E-state index in [4.69, 9.17) is 16.7 Å². The Morgan fingerprint density at radius 3 is 2.40 bits per heavy atom. The molecule has 0 bridgehead atoms. The lowest BCUT2D eigenvalue weighted by molar-refractivity contribution is 0.208. The van der Waals surface area contributed by atoms with Gasteiger partial charge in [0, 0.05) is 41.8 Å². The van der Waals surface area contributed by atoms with Gasteiger partial charge in [-0.25, -0.2) is 14.3 Å². The number of hydrogen-bond acceptors (Lipinski definition) is 3. The third-order valence-electron chi connectivity index (χ3n) is 5.81. The van der Waals surface area contributed by atoms with Crippen molar-refractivity contribution in [3.8, 4) is 5.69 Å². The molecule has 3 N–H and O–H groups in total. The Hall–Kier alpha value is -3.52. The zero-order chi connectivity index (χ0) is 25.0. The topological polar surface area (TPSA) is 91.3 Å². The number of halogens is 1. The van der Waals surface area contributed by atoms with Crippen molar-refractivity contribution in [3.63, 3.8) is 0 Å². The molecule has 1 saturated heterocycles. The van der Waals surface area contributed by atoms with Gasteiger partial charge in [-0.15, -0.1) is 0 Å². The van der Waals surface area contributed by atoms with E-state index in [9.17, 15) is 9.59 Å². The Morgan fingerprint density at radius 1 is 1.00 bits per heavy atom. The Kier molecular flexibility index (Phi) is 7.31. The molecule has 0 saturated carbocycles.